The number of nitrogens with one attached hydrogen (secondary N) is 1. The van der Waals surface area contributed by atoms with Crippen LogP contribution in [0.2, 0.25) is 0 Å². The number of hydrogen-bond donors (Lipinski definition) is 2. The molecule has 1 heterocycles. The summed E-state index contributed by atoms with van der Waals surface area (Å²) in [4.78, 5) is 12.5. The highest BCUT2D eigenvalue weighted by Crippen LogP contribution is 2.32. The fourth-order valence-electron chi connectivity index (χ4n) is 3.36. The lowest BCUT2D eigenvalue weighted by Gasteiger charge is -2.14. The number of ether oxygens (including phenoxy) is 2. The minimum absolute atomic E-state index is 0.0351. The molecule has 3 rings (SSSR count). The second-order valence-electron chi connectivity index (χ2n) is 7.16. The molecule has 0 saturated carbocycles. The van der Waals surface area contributed by atoms with Crippen LogP contribution in [0.5, 0.6) is 11.5 Å². The second-order valence-corrected chi connectivity index (χ2v) is 8.46. The van der Waals surface area contributed by atoms with E-state index in [1.54, 1.807) is 26.4 Å². The molecule has 1 aliphatic carbocycles. The van der Waals surface area contributed by atoms with Gasteiger partial charge in [-0.05, 0) is 57.2 Å². The van der Waals surface area contributed by atoms with Gasteiger partial charge in [-0.15, -0.1) is 10.2 Å². The number of nitrogens with zero attached hydrogens (tertiary/aromatic N) is 3. The summed E-state index contributed by atoms with van der Waals surface area (Å²) >= 11 is 1.28. The summed E-state index contributed by atoms with van der Waals surface area (Å²) in [6.45, 7) is 2.49. The van der Waals surface area contributed by atoms with E-state index in [2.05, 4.69) is 21.6 Å². The molecule has 3 N–H and O–H groups in total. The van der Waals surface area contributed by atoms with Crippen LogP contribution in [-0.4, -0.2) is 46.8 Å². The van der Waals surface area contributed by atoms with Crippen LogP contribution in [0.15, 0.2) is 35.0 Å². The summed E-state index contributed by atoms with van der Waals surface area (Å²) in [6, 6.07) is 5.41. The van der Waals surface area contributed by atoms with E-state index in [1.807, 2.05) is 13.0 Å². The van der Waals surface area contributed by atoms with Gasteiger partial charge in [-0.1, -0.05) is 23.4 Å². The molecule has 1 unspecified atom stereocenters. The maximum Gasteiger partial charge on any atom is 0.233 e. The minimum Gasteiger partial charge on any atom is -0.493 e. The Morgan fingerprint density at radius 2 is 2.07 bits per heavy atom. The maximum atomic E-state index is 12.5. The molecular formula is C21H29N5O3S. The molecule has 1 amide bonds. The van der Waals surface area contributed by atoms with Crippen LogP contribution in [0, 0.1) is 0 Å². The van der Waals surface area contributed by atoms with E-state index in [1.165, 1.54) is 34.9 Å². The Kier molecular flexibility index (Phi) is 7.62. The molecule has 0 saturated heterocycles. The highest BCUT2D eigenvalue weighted by molar-refractivity contribution is 8.00. The van der Waals surface area contributed by atoms with Crippen molar-refractivity contribution in [3.8, 4) is 22.9 Å². The summed E-state index contributed by atoms with van der Waals surface area (Å²) in [5.41, 5.74) is 2.19. The predicted octanol–water partition coefficient (Wildman–Crippen LogP) is 3.16. The summed E-state index contributed by atoms with van der Waals surface area (Å²) in [5, 5.41) is 11.5. The van der Waals surface area contributed by atoms with E-state index >= 15 is 0 Å². The molecular weight excluding hydrogens is 402 g/mol. The quantitative estimate of drug-likeness (QED) is 0.357. The molecule has 0 aliphatic heterocycles. The topological polar surface area (TPSA) is 104 Å². The van der Waals surface area contributed by atoms with Crippen LogP contribution in [0.4, 0.5) is 0 Å². The maximum absolute atomic E-state index is 12.5. The first kappa shape index (κ1) is 22.0. The number of allylic oxidation sites excluding steroid dienone is 1. The largest absolute Gasteiger partial charge is 0.493 e. The normalized spacial score (nSPS) is 14.7. The number of carbonyl (C=O) groups is 1. The van der Waals surface area contributed by atoms with Gasteiger partial charge < -0.3 is 20.6 Å². The third-order valence-corrected chi connectivity index (χ3v) is 6.14. The summed E-state index contributed by atoms with van der Waals surface area (Å²) in [5.74, 6) is 7.85. The van der Waals surface area contributed by atoms with Crippen LogP contribution in [0.25, 0.3) is 11.4 Å². The molecule has 1 aromatic carbocycles. The van der Waals surface area contributed by atoms with Gasteiger partial charge in [0, 0.05) is 12.1 Å². The first-order valence-corrected chi connectivity index (χ1v) is 11.0. The smallest absolute Gasteiger partial charge is 0.233 e. The highest BCUT2D eigenvalue weighted by atomic mass is 32.2. The molecule has 9 heteroatoms. The van der Waals surface area contributed by atoms with Gasteiger partial charge in [0.25, 0.3) is 0 Å². The molecule has 0 spiro atoms. The molecule has 2 aromatic rings. The number of aromatic nitrogens is 3. The first-order valence-electron chi connectivity index (χ1n) is 10.1. The van der Waals surface area contributed by atoms with Crippen LogP contribution in [0.3, 0.4) is 0 Å². The van der Waals surface area contributed by atoms with E-state index in [4.69, 9.17) is 15.3 Å². The third-order valence-electron chi connectivity index (χ3n) is 5.09. The van der Waals surface area contributed by atoms with Crippen LogP contribution in [-0.2, 0) is 4.79 Å². The van der Waals surface area contributed by atoms with Crippen molar-refractivity contribution < 1.29 is 14.3 Å². The van der Waals surface area contributed by atoms with E-state index in [0.29, 0.717) is 29.0 Å². The Bertz CT molecular complexity index is 912. The van der Waals surface area contributed by atoms with Crippen LogP contribution >= 0.6 is 11.8 Å². The van der Waals surface area contributed by atoms with E-state index in [0.717, 1.165) is 24.8 Å². The van der Waals surface area contributed by atoms with Crippen molar-refractivity contribution in [2.24, 2.45) is 0 Å². The Labute approximate surface area is 181 Å². The Morgan fingerprint density at radius 1 is 1.27 bits per heavy atom. The van der Waals surface area contributed by atoms with Gasteiger partial charge in [-0.2, -0.15) is 0 Å². The number of nitrogens with two attached hydrogens (primary N) is 1. The minimum atomic E-state index is -0.338. The van der Waals surface area contributed by atoms with Gasteiger partial charge in [-0.25, -0.2) is 4.68 Å². The number of methoxy groups -OCH3 is 2. The lowest BCUT2D eigenvalue weighted by atomic mass is 9.97. The molecule has 0 radical (unpaired) electrons. The number of nitrogen functional groups attached to an aromatic ring is 1. The molecule has 8 nitrogen and oxygen atoms in total. The van der Waals surface area contributed by atoms with Gasteiger partial charge in [0.15, 0.2) is 17.3 Å². The zero-order chi connectivity index (χ0) is 21.5. The average molecular weight is 432 g/mol. The Morgan fingerprint density at radius 3 is 2.77 bits per heavy atom. The lowest BCUT2D eigenvalue weighted by molar-refractivity contribution is -0.120. The number of rotatable bonds is 9. The summed E-state index contributed by atoms with van der Waals surface area (Å²) < 4.78 is 12.0. The van der Waals surface area contributed by atoms with Crippen molar-refractivity contribution >= 4 is 17.7 Å². The van der Waals surface area contributed by atoms with Crippen molar-refractivity contribution in [1.82, 2.24) is 20.2 Å². The molecule has 0 fully saturated rings. The molecule has 30 heavy (non-hydrogen) atoms. The van der Waals surface area contributed by atoms with Crippen molar-refractivity contribution in [2.75, 3.05) is 26.6 Å². The highest BCUT2D eigenvalue weighted by Gasteiger charge is 2.20. The van der Waals surface area contributed by atoms with Crippen molar-refractivity contribution in [3.63, 3.8) is 0 Å². The third kappa shape index (κ3) is 5.27. The predicted molar refractivity (Wildman–Crippen MR) is 118 cm³/mol. The zero-order valence-electron chi connectivity index (χ0n) is 17.7. The van der Waals surface area contributed by atoms with Gasteiger partial charge in [0.2, 0.25) is 11.1 Å². The van der Waals surface area contributed by atoms with Gasteiger partial charge in [0.05, 0.1) is 19.5 Å². The monoisotopic (exact) mass is 431 g/mol. The first-order chi connectivity index (χ1) is 14.5. The second kappa shape index (κ2) is 10.4. The molecule has 0 bridgehead atoms. The molecule has 1 atom stereocenters. The summed E-state index contributed by atoms with van der Waals surface area (Å²) in [7, 11) is 3.15. The van der Waals surface area contributed by atoms with Crippen LogP contribution < -0.4 is 20.6 Å². The summed E-state index contributed by atoms with van der Waals surface area (Å²) in [6.07, 6.45) is 8.05. The average Bonchev–Trinajstić information content (AvgIpc) is 3.13. The van der Waals surface area contributed by atoms with Crippen molar-refractivity contribution in [2.45, 2.75) is 49.4 Å². The fourth-order valence-corrected chi connectivity index (χ4v) is 4.16. The fraction of sp³-hybridized carbons (Fsp3) is 0.476. The number of amides is 1. The van der Waals surface area contributed by atoms with Crippen LogP contribution in [0.1, 0.15) is 39.0 Å². The standard InChI is InChI=1S/C21H29N5O3S/c1-14(20(27)23-12-11-15-7-5-4-6-8-15)30-21-25-24-19(26(21)22)16-9-10-17(28-2)18(13-16)29-3/h7,9-10,13-14H,4-6,8,11-12,22H2,1-3H3,(H,23,27). The van der Waals surface area contributed by atoms with Gasteiger partial charge in [-0.3, -0.25) is 4.79 Å². The SMILES string of the molecule is COc1ccc(-c2nnc(SC(C)C(=O)NCCC3=CCCCC3)n2N)cc1OC. The number of hydrogen-bond acceptors (Lipinski definition) is 7. The van der Waals surface area contributed by atoms with Gasteiger partial charge >= 0.3 is 0 Å². The zero-order valence-corrected chi connectivity index (χ0v) is 18.5. The van der Waals surface area contributed by atoms with Crippen molar-refractivity contribution in [3.05, 3.63) is 29.8 Å². The number of thioether (sulfide) groups is 1. The Balaban J connectivity index is 1.60. The van der Waals surface area contributed by atoms with Gasteiger partial charge in [0.1, 0.15) is 0 Å². The molecule has 1 aromatic heterocycles. The Hall–Kier alpha value is -2.68. The lowest BCUT2D eigenvalue weighted by Crippen LogP contribution is -2.32. The van der Waals surface area contributed by atoms with Crippen molar-refractivity contribution in [1.29, 1.82) is 0 Å². The van der Waals surface area contributed by atoms with E-state index in [-0.39, 0.29) is 11.2 Å². The van der Waals surface area contributed by atoms with E-state index < -0.39 is 0 Å². The molecule has 1 aliphatic rings. The molecule has 162 valence electrons. The number of benzene rings is 1. The van der Waals surface area contributed by atoms with E-state index in [9.17, 15) is 4.79 Å². The number of carbonyl (C=O) groups excluding carboxylic acids is 1.